The van der Waals surface area contributed by atoms with E-state index >= 15 is 0 Å². The number of fused-ring (bicyclic) bond motifs is 1. The SMILES string of the molecule is COC(=O)C[C@@H](O)c1ccc2ccccc2n1. The smallest absolute Gasteiger partial charge is 0.308 e. The fourth-order valence-electron chi connectivity index (χ4n) is 1.61. The molecule has 0 saturated carbocycles. The molecule has 0 aliphatic rings. The second-order valence-corrected chi connectivity index (χ2v) is 3.72. The van der Waals surface area contributed by atoms with Gasteiger partial charge in [0.15, 0.2) is 0 Å². The highest BCUT2D eigenvalue weighted by molar-refractivity contribution is 5.78. The van der Waals surface area contributed by atoms with Crippen molar-refractivity contribution in [1.29, 1.82) is 0 Å². The molecule has 1 N–H and O–H groups in total. The fourth-order valence-corrected chi connectivity index (χ4v) is 1.61. The largest absolute Gasteiger partial charge is 0.469 e. The topological polar surface area (TPSA) is 59.4 Å². The van der Waals surface area contributed by atoms with Crippen molar-refractivity contribution >= 4 is 16.9 Å². The summed E-state index contributed by atoms with van der Waals surface area (Å²) in [5.41, 5.74) is 1.28. The van der Waals surface area contributed by atoms with Gasteiger partial charge in [-0.1, -0.05) is 24.3 Å². The Morgan fingerprint density at radius 3 is 2.88 bits per heavy atom. The van der Waals surface area contributed by atoms with Crippen LogP contribution in [0.25, 0.3) is 10.9 Å². The number of aliphatic hydroxyl groups excluding tert-OH is 1. The van der Waals surface area contributed by atoms with Crippen molar-refractivity contribution in [1.82, 2.24) is 4.98 Å². The zero-order chi connectivity index (χ0) is 12.3. The number of para-hydroxylation sites is 1. The average molecular weight is 231 g/mol. The van der Waals surface area contributed by atoms with Crippen molar-refractivity contribution in [3.05, 3.63) is 42.1 Å². The summed E-state index contributed by atoms with van der Waals surface area (Å²) < 4.78 is 4.50. The zero-order valence-electron chi connectivity index (χ0n) is 9.46. The number of aliphatic hydroxyl groups is 1. The van der Waals surface area contributed by atoms with E-state index in [4.69, 9.17) is 0 Å². The quantitative estimate of drug-likeness (QED) is 0.819. The molecule has 1 atom stereocenters. The van der Waals surface area contributed by atoms with Crippen molar-refractivity contribution in [2.24, 2.45) is 0 Å². The summed E-state index contributed by atoms with van der Waals surface area (Å²) in [4.78, 5) is 15.4. The van der Waals surface area contributed by atoms with Crippen LogP contribution in [-0.4, -0.2) is 23.2 Å². The molecule has 4 heteroatoms. The Kier molecular flexibility index (Phi) is 3.35. The van der Waals surface area contributed by atoms with E-state index in [2.05, 4.69) is 9.72 Å². The first-order chi connectivity index (χ1) is 8.20. The molecule has 88 valence electrons. The fraction of sp³-hybridized carbons (Fsp3) is 0.231. The summed E-state index contributed by atoms with van der Waals surface area (Å²) in [5.74, 6) is -0.451. The first kappa shape index (κ1) is 11.5. The van der Waals surface area contributed by atoms with E-state index in [-0.39, 0.29) is 6.42 Å². The van der Waals surface area contributed by atoms with Crippen LogP contribution in [0.15, 0.2) is 36.4 Å². The summed E-state index contributed by atoms with van der Waals surface area (Å²) in [6.07, 6.45) is -1.01. The van der Waals surface area contributed by atoms with Crippen molar-refractivity contribution in [3.63, 3.8) is 0 Å². The van der Waals surface area contributed by atoms with E-state index in [0.717, 1.165) is 10.9 Å². The van der Waals surface area contributed by atoms with Crippen LogP contribution in [0.1, 0.15) is 18.2 Å². The van der Waals surface area contributed by atoms with Crippen molar-refractivity contribution in [2.75, 3.05) is 7.11 Å². The minimum atomic E-state index is -0.924. The van der Waals surface area contributed by atoms with E-state index in [9.17, 15) is 9.90 Å². The predicted molar refractivity (Wildman–Crippen MR) is 63.3 cm³/mol. The number of rotatable bonds is 3. The molecule has 0 fully saturated rings. The number of nitrogens with zero attached hydrogens (tertiary/aromatic N) is 1. The normalized spacial score (nSPS) is 12.4. The maximum absolute atomic E-state index is 11.0. The van der Waals surface area contributed by atoms with Crippen LogP contribution in [0.4, 0.5) is 0 Å². The number of carbonyl (C=O) groups is 1. The number of ether oxygens (including phenoxy) is 1. The Hall–Kier alpha value is -1.94. The van der Waals surface area contributed by atoms with Gasteiger partial charge in [-0.25, -0.2) is 0 Å². The standard InChI is InChI=1S/C13H13NO3/c1-17-13(16)8-12(15)11-7-6-9-4-2-3-5-10(9)14-11/h2-7,12,15H,8H2,1H3/t12-/m1/s1. The lowest BCUT2D eigenvalue weighted by molar-refractivity contribution is -0.142. The number of hydrogen-bond donors (Lipinski definition) is 1. The van der Waals surface area contributed by atoms with Crippen molar-refractivity contribution in [2.45, 2.75) is 12.5 Å². The number of carbonyl (C=O) groups excluding carboxylic acids is 1. The number of benzene rings is 1. The lowest BCUT2D eigenvalue weighted by Crippen LogP contribution is -2.09. The minimum absolute atomic E-state index is 0.0815. The third-order valence-electron chi connectivity index (χ3n) is 2.55. The Morgan fingerprint density at radius 2 is 2.12 bits per heavy atom. The summed E-state index contributed by atoms with van der Waals surface area (Å²) >= 11 is 0. The van der Waals surface area contributed by atoms with Gasteiger partial charge in [0.1, 0.15) is 6.10 Å². The average Bonchev–Trinajstić information content (AvgIpc) is 2.38. The number of hydrogen-bond acceptors (Lipinski definition) is 4. The lowest BCUT2D eigenvalue weighted by atomic mass is 10.1. The second kappa shape index (κ2) is 4.93. The Labute approximate surface area is 98.9 Å². The maximum Gasteiger partial charge on any atom is 0.308 e. The molecule has 0 spiro atoms. The molecule has 0 aliphatic carbocycles. The van der Waals surface area contributed by atoms with Crippen LogP contribution in [-0.2, 0) is 9.53 Å². The first-order valence-corrected chi connectivity index (χ1v) is 5.31. The summed E-state index contributed by atoms with van der Waals surface area (Å²) in [6, 6.07) is 11.2. The molecule has 4 nitrogen and oxygen atoms in total. The molecule has 0 saturated heterocycles. The molecule has 0 bridgehead atoms. The monoisotopic (exact) mass is 231 g/mol. The van der Waals surface area contributed by atoms with Crippen LogP contribution in [0.3, 0.4) is 0 Å². The van der Waals surface area contributed by atoms with Gasteiger partial charge in [-0.2, -0.15) is 0 Å². The Bertz CT molecular complexity index is 539. The molecule has 0 radical (unpaired) electrons. The van der Waals surface area contributed by atoms with Crippen LogP contribution in [0.5, 0.6) is 0 Å². The van der Waals surface area contributed by atoms with Crippen LogP contribution in [0.2, 0.25) is 0 Å². The van der Waals surface area contributed by atoms with Gasteiger partial charge in [0, 0.05) is 5.39 Å². The van der Waals surface area contributed by atoms with E-state index in [1.807, 2.05) is 30.3 Å². The molecule has 17 heavy (non-hydrogen) atoms. The highest BCUT2D eigenvalue weighted by atomic mass is 16.5. The lowest BCUT2D eigenvalue weighted by Gasteiger charge is -2.09. The molecule has 2 aromatic rings. The molecule has 0 aliphatic heterocycles. The van der Waals surface area contributed by atoms with Gasteiger partial charge in [0.05, 0.1) is 24.7 Å². The zero-order valence-corrected chi connectivity index (χ0v) is 9.46. The molecule has 1 heterocycles. The first-order valence-electron chi connectivity index (χ1n) is 5.31. The Balaban J connectivity index is 2.26. The van der Waals surface area contributed by atoms with Crippen molar-refractivity contribution < 1.29 is 14.6 Å². The summed E-state index contributed by atoms with van der Waals surface area (Å²) in [6.45, 7) is 0. The van der Waals surface area contributed by atoms with Gasteiger partial charge in [0.2, 0.25) is 0 Å². The number of esters is 1. The van der Waals surface area contributed by atoms with Gasteiger partial charge in [-0.3, -0.25) is 9.78 Å². The van der Waals surface area contributed by atoms with Gasteiger partial charge < -0.3 is 9.84 Å². The molecule has 1 aromatic carbocycles. The highest BCUT2D eigenvalue weighted by Gasteiger charge is 2.14. The van der Waals surface area contributed by atoms with Gasteiger partial charge in [-0.05, 0) is 12.1 Å². The highest BCUT2D eigenvalue weighted by Crippen LogP contribution is 2.19. The van der Waals surface area contributed by atoms with Gasteiger partial charge >= 0.3 is 5.97 Å². The summed E-state index contributed by atoms with van der Waals surface area (Å²) in [5, 5.41) is 10.8. The van der Waals surface area contributed by atoms with E-state index in [0.29, 0.717) is 5.69 Å². The van der Waals surface area contributed by atoms with Crippen LogP contribution < -0.4 is 0 Å². The number of methoxy groups -OCH3 is 1. The maximum atomic E-state index is 11.0. The summed E-state index contributed by atoms with van der Waals surface area (Å²) in [7, 11) is 1.29. The molecule has 0 unspecified atom stereocenters. The third-order valence-corrected chi connectivity index (χ3v) is 2.55. The predicted octanol–water partition coefficient (Wildman–Crippen LogP) is 1.83. The van der Waals surface area contributed by atoms with Gasteiger partial charge in [0.25, 0.3) is 0 Å². The number of aromatic nitrogens is 1. The Morgan fingerprint density at radius 1 is 1.35 bits per heavy atom. The van der Waals surface area contributed by atoms with Crippen molar-refractivity contribution in [3.8, 4) is 0 Å². The van der Waals surface area contributed by atoms with E-state index in [1.165, 1.54) is 7.11 Å². The number of pyridine rings is 1. The molecular weight excluding hydrogens is 218 g/mol. The van der Waals surface area contributed by atoms with Crippen LogP contribution in [0, 0.1) is 0 Å². The van der Waals surface area contributed by atoms with Crippen LogP contribution >= 0.6 is 0 Å². The van der Waals surface area contributed by atoms with Gasteiger partial charge in [-0.15, -0.1) is 0 Å². The molecule has 2 rings (SSSR count). The third kappa shape index (κ3) is 2.60. The molecule has 1 aromatic heterocycles. The second-order valence-electron chi connectivity index (χ2n) is 3.72. The molecular formula is C13H13NO3. The van der Waals surface area contributed by atoms with E-state index in [1.54, 1.807) is 6.07 Å². The van der Waals surface area contributed by atoms with E-state index < -0.39 is 12.1 Å². The minimum Gasteiger partial charge on any atom is -0.469 e. The molecule has 0 amide bonds.